The van der Waals surface area contributed by atoms with E-state index in [2.05, 4.69) is 15.0 Å². The molecule has 1 unspecified atom stereocenters. The summed E-state index contributed by atoms with van der Waals surface area (Å²) in [4.78, 5) is 24.5. The molecule has 1 heterocycles. The van der Waals surface area contributed by atoms with E-state index in [0.717, 1.165) is 13.1 Å². The molecule has 1 aliphatic heterocycles. The van der Waals surface area contributed by atoms with Gasteiger partial charge in [0.25, 0.3) is 0 Å². The quantitative estimate of drug-likeness (QED) is 0.527. The minimum Gasteiger partial charge on any atom is -0.469 e. The zero-order valence-electron chi connectivity index (χ0n) is 11.1. The Morgan fingerprint density at radius 1 is 1.50 bits per heavy atom. The molecule has 0 aromatic carbocycles. The molecule has 1 saturated heterocycles. The number of nitrogens with zero attached hydrogens (tertiary/aromatic N) is 1. The van der Waals surface area contributed by atoms with Crippen molar-refractivity contribution in [3.8, 4) is 0 Å². The highest BCUT2D eigenvalue weighted by Gasteiger charge is 2.18. The van der Waals surface area contributed by atoms with Crippen LogP contribution in [0.15, 0.2) is 0 Å². The highest BCUT2D eigenvalue weighted by atomic mass is 16.5. The van der Waals surface area contributed by atoms with E-state index in [9.17, 15) is 9.59 Å². The summed E-state index contributed by atoms with van der Waals surface area (Å²) in [7, 11) is 1.36. The first kappa shape index (κ1) is 14.9. The first-order chi connectivity index (χ1) is 8.61. The van der Waals surface area contributed by atoms with E-state index < -0.39 is 0 Å². The molecule has 0 saturated carbocycles. The Morgan fingerprint density at radius 3 is 2.94 bits per heavy atom. The predicted molar refractivity (Wildman–Crippen MR) is 66.1 cm³/mol. The van der Waals surface area contributed by atoms with Crippen molar-refractivity contribution in [2.45, 2.75) is 25.9 Å². The van der Waals surface area contributed by atoms with Gasteiger partial charge in [-0.1, -0.05) is 0 Å². The van der Waals surface area contributed by atoms with Crippen molar-refractivity contribution in [1.29, 1.82) is 0 Å². The lowest BCUT2D eigenvalue weighted by molar-refractivity contribution is -0.140. The van der Waals surface area contributed by atoms with Gasteiger partial charge in [-0.25, -0.2) is 0 Å². The van der Waals surface area contributed by atoms with Gasteiger partial charge < -0.3 is 14.8 Å². The van der Waals surface area contributed by atoms with Crippen LogP contribution in [0.3, 0.4) is 0 Å². The zero-order valence-corrected chi connectivity index (χ0v) is 11.1. The van der Waals surface area contributed by atoms with Crippen molar-refractivity contribution in [2.75, 3.05) is 39.9 Å². The van der Waals surface area contributed by atoms with Crippen LogP contribution in [0.5, 0.6) is 0 Å². The molecule has 0 aliphatic carbocycles. The second-order valence-corrected chi connectivity index (χ2v) is 4.45. The highest BCUT2D eigenvalue weighted by Crippen LogP contribution is 2.03. The van der Waals surface area contributed by atoms with Crippen molar-refractivity contribution in [3.63, 3.8) is 0 Å². The van der Waals surface area contributed by atoms with Crippen molar-refractivity contribution in [2.24, 2.45) is 0 Å². The number of ether oxygens (including phenoxy) is 2. The number of methoxy groups -OCH3 is 1. The van der Waals surface area contributed by atoms with Gasteiger partial charge >= 0.3 is 5.97 Å². The van der Waals surface area contributed by atoms with E-state index in [-0.39, 0.29) is 18.0 Å². The lowest BCUT2D eigenvalue weighted by atomic mass is 10.3. The predicted octanol–water partition coefficient (Wildman–Crippen LogP) is -0.223. The van der Waals surface area contributed by atoms with E-state index in [1.54, 1.807) is 0 Å². The molecule has 18 heavy (non-hydrogen) atoms. The second-order valence-electron chi connectivity index (χ2n) is 4.45. The van der Waals surface area contributed by atoms with E-state index in [1.807, 2.05) is 6.92 Å². The van der Waals surface area contributed by atoms with E-state index in [0.29, 0.717) is 32.5 Å². The molecule has 6 nitrogen and oxygen atoms in total. The number of hydrogen-bond donors (Lipinski definition) is 1. The monoisotopic (exact) mass is 258 g/mol. The highest BCUT2D eigenvalue weighted by molar-refractivity contribution is 5.78. The molecule has 0 aromatic heterocycles. The number of amides is 1. The third-order valence-corrected chi connectivity index (χ3v) is 2.80. The molecule has 0 spiro atoms. The lowest BCUT2D eigenvalue weighted by Crippen LogP contribution is -2.46. The number of morpholine rings is 1. The molecule has 104 valence electrons. The van der Waals surface area contributed by atoms with Crippen LogP contribution in [-0.4, -0.2) is 62.8 Å². The summed E-state index contributed by atoms with van der Waals surface area (Å²) in [5.74, 6) is -0.250. The molecule has 1 N–H and O–H groups in total. The Morgan fingerprint density at radius 2 is 2.28 bits per heavy atom. The van der Waals surface area contributed by atoms with Gasteiger partial charge in [0.15, 0.2) is 0 Å². The third-order valence-electron chi connectivity index (χ3n) is 2.80. The molecule has 0 radical (unpaired) electrons. The van der Waals surface area contributed by atoms with Gasteiger partial charge in [-0.05, 0) is 13.3 Å². The Hall–Kier alpha value is -1.14. The fraction of sp³-hybridized carbons (Fsp3) is 0.833. The number of hydrogen-bond acceptors (Lipinski definition) is 5. The van der Waals surface area contributed by atoms with Gasteiger partial charge in [0.05, 0.1) is 26.4 Å². The van der Waals surface area contributed by atoms with E-state index in [1.165, 1.54) is 7.11 Å². The zero-order chi connectivity index (χ0) is 13.4. The van der Waals surface area contributed by atoms with Crippen molar-refractivity contribution >= 4 is 11.9 Å². The maximum absolute atomic E-state index is 11.6. The number of carbonyl (C=O) groups is 2. The van der Waals surface area contributed by atoms with Crippen LogP contribution in [0.4, 0.5) is 0 Å². The van der Waals surface area contributed by atoms with Crippen LogP contribution in [0.2, 0.25) is 0 Å². The fourth-order valence-electron chi connectivity index (χ4n) is 1.86. The SMILES string of the molecule is COC(=O)CCCNC(=O)CN1CCOC(C)C1. The van der Waals surface area contributed by atoms with Gasteiger partial charge in [-0.3, -0.25) is 14.5 Å². The average molecular weight is 258 g/mol. The number of carbonyl (C=O) groups excluding carboxylic acids is 2. The maximum Gasteiger partial charge on any atom is 0.305 e. The standard InChI is InChI=1S/C12H22N2O4/c1-10-8-14(6-7-18-10)9-11(15)13-5-3-4-12(16)17-2/h10H,3-9H2,1-2H3,(H,13,15). The second kappa shape index (κ2) is 8.05. The van der Waals surface area contributed by atoms with Crippen LogP contribution in [-0.2, 0) is 19.1 Å². The lowest BCUT2D eigenvalue weighted by Gasteiger charge is -2.30. The Bertz CT molecular complexity index is 283. The number of esters is 1. The minimum atomic E-state index is -0.244. The minimum absolute atomic E-state index is 0.00559. The summed E-state index contributed by atoms with van der Waals surface area (Å²) < 4.78 is 9.92. The third kappa shape index (κ3) is 5.97. The van der Waals surface area contributed by atoms with Gasteiger partial charge in [0.2, 0.25) is 5.91 Å². The first-order valence-electron chi connectivity index (χ1n) is 6.29. The summed E-state index contributed by atoms with van der Waals surface area (Å²) >= 11 is 0. The molecule has 1 fully saturated rings. The smallest absolute Gasteiger partial charge is 0.305 e. The van der Waals surface area contributed by atoms with Gasteiger partial charge in [-0.15, -0.1) is 0 Å². The van der Waals surface area contributed by atoms with Gasteiger partial charge in [0, 0.05) is 26.1 Å². The average Bonchev–Trinajstić information content (AvgIpc) is 2.34. The Kier molecular flexibility index (Phi) is 6.67. The molecular weight excluding hydrogens is 236 g/mol. The van der Waals surface area contributed by atoms with Crippen LogP contribution in [0.25, 0.3) is 0 Å². The molecule has 6 heteroatoms. The van der Waals surface area contributed by atoms with Crippen LogP contribution >= 0.6 is 0 Å². The largest absolute Gasteiger partial charge is 0.469 e. The summed E-state index contributed by atoms with van der Waals surface area (Å²) in [5, 5.41) is 2.80. The van der Waals surface area contributed by atoms with Crippen LogP contribution in [0.1, 0.15) is 19.8 Å². The van der Waals surface area contributed by atoms with Gasteiger partial charge in [0.1, 0.15) is 0 Å². The number of nitrogens with one attached hydrogen (secondary N) is 1. The van der Waals surface area contributed by atoms with E-state index in [4.69, 9.17) is 4.74 Å². The Balaban J connectivity index is 2.08. The molecule has 0 aromatic rings. The number of rotatable bonds is 6. The fourth-order valence-corrected chi connectivity index (χ4v) is 1.86. The molecule has 1 amide bonds. The van der Waals surface area contributed by atoms with Crippen molar-refractivity contribution in [1.82, 2.24) is 10.2 Å². The van der Waals surface area contributed by atoms with Crippen LogP contribution in [0, 0.1) is 0 Å². The molecule has 1 rings (SSSR count). The summed E-state index contributed by atoms with van der Waals surface area (Å²) in [6, 6.07) is 0. The molecule has 1 aliphatic rings. The summed E-state index contributed by atoms with van der Waals surface area (Å²) in [5.41, 5.74) is 0. The van der Waals surface area contributed by atoms with Crippen molar-refractivity contribution in [3.05, 3.63) is 0 Å². The first-order valence-corrected chi connectivity index (χ1v) is 6.29. The molecule has 0 bridgehead atoms. The van der Waals surface area contributed by atoms with Crippen LogP contribution < -0.4 is 5.32 Å². The van der Waals surface area contributed by atoms with E-state index >= 15 is 0 Å². The summed E-state index contributed by atoms with van der Waals surface area (Å²) in [6.45, 7) is 5.16. The molecular formula is C12H22N2O4. The summed E-state index contributed by atoms with van der Waals surface area (Å²) in [6.07, 6.45) is 1.13. The molecule has 1 atom stereocenters. The van der Waals surface area contributed by atoms with Crippen molar-refractivity contribution < 1.29 is 19.1 Å². The maximum atomic E-state index is 11.6. The normalized spacial score (nSPS) is 20.4. The van der Waals surface area contributed by atoms with Gasteiger partial charge in [-0.2, -0.15) is 0 Å². The topological polar surface area (TPSA) is 67.9 Å². The Labute approximate surface area is 108 Å².